The van der Waals surface area contributed by atoms with E-state index in [4.69, 9.17) is 14.9 Å². The maximum atomic E-state index is 13.3. The highest BCUT2D eigenvalue weighted by Crippen LogP contribution is 2.26. The smallest absolute Gasteiger partial charge is 0.191 e. The van der Waals surface area contributed by atoms with Gasteiger partial charge in [0, 0.05) is 24.0 Å². The molecule has 7 heteroatoms. The van der Waals surface area contributed by atoms with Gasteiger partial charge < -0.3 is 19.8 Å². The molecule has 1 aliphatic rings. The van der Waals surface area contributed by atoms with Crippen LogP contribution in [-0.2, 0) is 11.3 Å². The number of hydrogen-bond donors (Lipinski definition) is 1. The SMILES string of the molecule is Cc1c(CN=C(N)N2CCOC(C)C2)oc2ccc(F)cc12.I. The molecule has 0 bridgehead atoms. The van der Waals surface area contributed by atoms with Crippen LogP contribution in [0.5, 0.6) is 0 Å². The van der Waals surface area contributed by atoms with E-state index in [1.54, 1.807) is 6.07 Å². The molecule has 0 amide bonds. The first-order valence-electron chi connectivity index (χ1n) is 7.38. The van der Waals surface area contributed by atoms with Crippen LogP contribution in [0.3, 0.4) is 0 Å². The zero-order valence-electron chi connectivity index (χ0n) is 13.2. The van der Waals surface area contributed by atoms with Crippen LogP contribution in [0.2, 0.25) is 0 Å². The van der Waals surface area contributed by atoms with E-state index in [-0.39, 0.29) is 35.9 Å². The standard InChI is InChI=1S/C16H20FN3O2.HI/c1-10-9-20(5-6-21-10)16(18)19-8-15-11(2)13-7-12(17)3-4-14(13)22-15;/h3-4,7,10H,5-6,8-9H2,1-2H3,(H2,18,19);1H. The van der Waals surface area contributed by atoms with Gasteiger partial charge in [0.1, 0.15) is 23.7 Å². The van der Waals surface area contributed by atoms with Crippen molar-refractivity contribution in [3.05, 3.63) is 35.3 Å². The normalized spacial score (nSPS) is 19.0. The topological polar surface area (TPSA) is 64.0 Å². The highest BCUT2D eigenvalue weighted by Gasteiger charge is 2.18. The van der Waals surface area contributed by atoms with Gasteiger partial charge in [-0.15, -0.1) is 24.0 Å². The maximum Gasteiger partial charge on any atom is 0.191 e. The Morgan fingerprint density at radius 2 is 2.26 bits per heavy atom. The second-order valence-electron chi connectivity index (χ2n) is 5.59. The molecule has 1 unspecified atom stereocenters. The van der Waals surface area contributed by atoms with E-state index in [1.807, 2.05) is 18.7 Å². The molecule has 1 aliphatic heterocycles. The van der Waals surface area contributed by atoms with Crippen molar-refractivity contribution in [3.63, 3.8) is 0 Å². The van der Waals surface area contributed by atoms with Gasteiger partial charge in [0.25, 0.3) is 0 Å². The maximum absolute atomic E-state index is 13.3. The Morgan fingerprint density at radius 3 is 3.00 bits per heavy atom. The Balaban J connectivity index is 0.00000192. The number of nitrogens with two attached hydrogens (primary N) is 1. The molecule has 2 aromatic rings. The Hall–Kier alpha value is -1.35. The van der Waals surface area contributed by atoms with Gasteiger partial charge in [-0.05, 0) is 32.0 Å². The average molecular weight is 433 g/mol. The molecule has 23 heavy (non-hydrogen) atoms. The van der Waals surface area contributed by atoms with Crippen molar-refractivity contribution in [2.24, 2.45) is 10.7 Å². The van der Waals surface area contributed by atoms with Crippen LogP contribution in [0.1, 0.15) is 18.2 Å². The molecule has 3 rings (SSSR count). The van der Waals surface area contributed by atoms with E-state index in [0.29, 0.717) is 30.5 Å². The van der Waals surface area contributed by atoms with Gasteiger partial charge in [-0.25, -0.2) is 9.38 Å². The Morgan fingerprint density at radius 1 is 1.48 bits per heavy atom. The Kier molecular flexibility index (Phi) is 5.85. The first-order chi connectivity index (χ1) is 10.5. The fourth-order valence-electron chi connectivity index (χ4n) is 2.67. The summed E-state index contributed by atoms with van der Waals surface area (Å²) in [5.74, 6) is 0.930. The van der Waals surface area contributed by atoms with Crippen LogP contribution >= 0.6 is 24.0 Å². The zero-order valence-corrected chi connectivity index (χ0v) is 15.5. The number of nitrogens with zero attached hydrogens (tertiary/aromatic N) is 2. The lowest BCUT2D eigenvalue weighted by atomic mass is 10.1. The first kappa shape index (κ1) is 18.0. The lowest BCUT2D eigenvalue weighted by Gasteiger charge is -2.31. The summed E-state index contributed by atoms with van der Waals surface area (Å²) in [7, 11) is 0. The third kappa shape index (κ3) is 3.95. The van der Waals surface area contributed by atoms with Crippen LogP contribution in [0.15, 0.2) is 27.6 Å². The lowest BCUT2D eigenvalue weighted by molar-refractivity contribution is 0.00528. The van der Waals surface area contributed by atoms with E-state index < -0.39 is 0 Å². The van der Waals surface area contributed by atoms with Gasteiger partial charge in [0.15, 0.2) is 5.96 Å². The highest BCUT2D eigenvalue weighted by atomic mass is 127. The number of fused-ring (bicyclic) bond motifs is 1. The minimum atomic E-state index is -0.270. The number of benzene rings is 1. The Bertz CT molecular complexity index is 717. The number of hydrogen-bond acceptors (Lipinski definition) is 3. The number of guanidine groups is 1. The molecule has 1 aromatic heterocycles. The fourth-order valence-corrected chi connectivity index (χ4v) is 2.67. The summed E-state index contributed by atoms with van der Waals surface area (Å²) < 4.78 is 24.5. The zero-order chi connectivity index (χ0) is 15.7. The molecule has 0 saturated carbocycles. The average Bonchev–Trinajstić information content (AvgIpc) is 2.81. The van der Waals surface area contributed by atoms with Crippen molar-refractivity contribution in [3.8, 4) is 0 Å². The van der Waals surface area contributed by atoms with Crippen LogP contribution < -0.4 is 5.73 Å². The number of aryl methyl sites for hydroxylation is 1. The summed E-state index contributed by atoms with van der Waals surface area (Å²) in [6.07, 6.45) is 0.151. The number of furan rings is 1. The van der Waals surface area contributed by atoms with Crippen molar-refractivity contribution < 1.29 is 13.5 Å². The van der Waals surface area contributed by atoms with Gasteiger partial charge in [-0.1, -0.05) is 0 Å². The number of halogens is 2. The van der Waals surface area contributed by atoms with Crippen molar-refractivity contribution in [1.82, 2.24) is 4.90 Å². The lowest BCUT2D eigenvalue weighted by Crippen LogP contribution is -2.47. The number of rotatable bonds is 2. The second-order valence-corrected chi connectivity index (χ2v) is 5.59. The van der Waals surface area contributed by atoms with Crippen molar-refractivity contribution in [2.75, 3.05) is 19.7 Å². The molecule has 2 heterocycles. The summed E-state index contributed by atoms with van der Waals surface area (Å²) >= 11 is 0. The van der Waals surface area contributed by atoms with Gasteiger partial charge in [-0.2, -0.15) is 0 Å². The molecule has 1 fully saturated rings. The molecule has 1 atom stereocenters. The van der Waals surface area contributed by atoms with Crippen LogP contribution in [0.4, 0.5) is 4.39 Å². The molecule has 1 saturated heterocycles. The molecule has 1 aromatic carbocycles. The summed E-state index contributed by atoms with van der Waals surface area (Å²) in [5.41, 5.74) is 7.62. The molecule has 5 nitrogen and oxygen atoms in total. The van der Waals surface area contributed by atoms with Crippen molar-refractivity contribution >= 4 is 40.9 Å². The first-order valence-corrected chi connectivity index (χ1v) is 7.38. The summed E-state index contributed by atoms with van der Waals surface area (Å²) in [5, 5.41) is 0.781. The molecule has 0 aliphatic carbocycles. The molecule has 0 radical (unpaired) electrons. The third-order valence-electron chi connectivity index (χ3n) is 3.95. The molecule has 126 valence electrons. The van der Waals surface area contributed by atoms with Crippen LogP contribution in [0.25, 0.3) is 11.0 Å². The second kappa shape index (κ2) is 7.48. The van der Waals surface area contributed by atoms with Gasteiger partial charge >= 0.3 is 0 Å². The number of ether oxygens (including phenoxy) is 1. The third-order valence-corrected chi connectivity index (χ3v) is 3.95. The summed E-state index contributed by atoms with van der Waals surface area (Å²) in [6, 6.07) is 4.51. The summed E-state index contributed by atoms with van der Waals surface area (Å²) in [6.45, 7) is 6.39. The number of morpholine rings is 1. The predicted octanol–water partition coefficient (Wildman–Crippen LogP) is 3.03. The van der Waals surface area contributed by atoms with Gasteiger partial charge in [0.2, 0.25) is 0 Å². The molecular weight excluding hydrogens is 412 g/mol. The quantitative estimate of drug-likeness (QED) is 0.450. The number of aliphatic imine (C=N–C) groups is 1. The van der Waals surface area contributed by atoms with Gasteiger partial charge in [-0.3, -0.25) is 0 Å². The predicted molar refractivity (Wildman–Crippen MR) is 98.6 cm³/mol. The molecule has 0 spiro atoms. The van der Waals surface area contributed by atoms with E-state index in [0.717, 1.165) is 24.0 Å². The highest BCUT2D eigenvalue weighted by molar-refractivity contribution is 14.0. The molecule has 2 N–H and O–H groups in total. The van der Waals surface area contributed by atoms with Crippen molar-refractivity contribution in [1.29, 1.82) is 0 Å². The Labute approximate surface area is 151 Å². The largest absolute Gasteiger partial charge is 0.459 e. The molecular formula is C16H21FIN3O2. The summed E-state index contributed by atoms with van der Waals surface area (Å²) in [4.78, 5) is 6.41. The monoisotopic (exact) mass is 433 g/mol. The van der Waals surface area contributed by atoms with Crippen molar-refractivity contribution in [2.45, 2.75) is 26.5 Å². The fraction of sp³-hybridized carbons (Fsp3) is 0.438. The van der Waals surface area contributed by atoms with E-state index in [9.17, 15) is 4.39 Å². The van der Waals surface area contributed by atoms with E-state index in [2.05, 4.69) is 4.99 Å². The van der Waals surface area contributed by atoms with E-state index >= 15 is 0 Å². The van der Waals surface area contributed by atoms with E-state index in [1.165, 1.54) is 12.1 Å². The van der Waals surface area contributed by atoms with Crippen LogP contribution in [0, 0.1) is 12.7 Å². The minimum absolute atomic E-state index is 0. The minimum Gasteiger partial charge on any atom is -0.459 e. The van der Waals surface area contributed by atoms with Crippen LogP contribution in [-0.4, -0.2) is 36.7 Å². The van der Waals surface area contributed by atoms with Gasteiger partial charge in [0.05, 0.1) is 12.7 Å².